The third kappa shape index (κ3) is 5.63. The first-order chi connectivity index (χ1) is 11.5. The van der Waals surface area contributed by atoms with Crippen molar-refractivity contribution < 1.29 is 14.1 Å². The average molecular weight is 336 g/mol. The maximum absolute atomic E-state index is 12.3. The minimum atomic E-state index is -0.147. The molecule has 2 rings (SSSR count). The van der Waals surface area contributed by atoms with Gasteiger partial charge in [-0.1, -0.05) is 18.5 Å². The molecule has 0 aliphatic carbocycles. The Morgan fingerprint density at radius 3 is 2.96 bits per heavy atom. The molecule has 7 nitrogen and oxygen atoms in total. The van der Waals surface area contributed by atoms with E-state index in [1.165, 1.54) is 0 Å². The van der Waals surface area contributed by atoms with E-state index in [0.717, 1.165) is 37.9 Å². The monoisotopic (exact) mass is 336 g/mol. The van der Waals surface area contributed by atoms with Gasteiger partial charge in [-0.2, -0.15) is 0 Å². The third-order valence-corrected chi connectivity index (χ3v) is 4.24. The first-order valence-electron chi connectivity index (χ1n) is 8.73. The van der Waals surface area contributed by atoms with Crippen LogP contribution in [0.3, 0.4) is 0 Å². The van der Waals surface area contributed by atoms with E-state index in [1.807, 2.05) is 11.8 Å². The minimum absolute atomic E-state index is 0.0432. The quantitative estimate of drug-likeness (QED) is 0.794. The molecule has 0 aromatic carbocycles. The molecule has 1 fully saturated rings. The number of amides is 2. The van der Waals surface area contributed by atoms with Gasteiger partial charge in [-0.25, -0.2) is 0 Å². The first-order valence-corrected chi connectivity index (χ1v) is 8.73. The van der Waals surface area contributed by atoms with E-state index in [-0.39, 0.29) is 30.3 Å². The van der Waals surface area contributed by atoms with Gasteiger partial charge in [0.25, 0.3) is 0 Å². The van der Waals surface area contributed by atoms with Crippen molar-refractivity contribution in [2.24, 2.45) is 5.92 Å². The van der Waals surface area contributed by atoms with Gasteiger partial charge in [0.15, 0.2) is 0 Å². The first kappa shape index (κ1) is 18.4. The fourth-order valence-corrected chi connectivity index (χ4v) is 3.08. The van der Waals surface area contributed by atoms with Gasteiger partial charge >= 0.3 is 0 Å². The number of aryl methyl sites for hydroxylation is 1. The predicted molar refractivity (Wildman–Crippen MR) is 91.5 cm³/mol. The standard InChI is InChI=1S/C17H28N4O3/c1-4-6-12(2)18-17(23)14-7-5-8-21(10-14)11-15(22)19-16-9-13(3)20-24-16/h9,12,14H,4-8,10-11H2,1-3H3,(H,18,23)(H,19,22)/t12-,14-/m1/s1. The highest BCUT2D eigenvalue weighted by atomic mass is 16.5. The molecular weight excluding hydrogens is 308 g/mol. The van der Waals surface area contributed by atoms with Gasteiger partial charge in [0.1, 0.15) is 0 Å². The zero-order valence-electron chi connectivity index (χ0n) is 14.8. The van der Waals surface area contributed by atoms with Gasteiger partial charge in [-0.05, 0) is 39.7 Å². The highest BCUT2D eigenvalue weighted by molar-refractivity contribution is 5.91. The lowest BCUT2D eigenvalue weighted by atomic mass is 9.96. The number of nitrogens with zero attached hydrogens (tertiary/aromatic N) is 2. The van der Waals surface area contributed by atoms with Crippen molar-refractivity contribution in [3.63, 3.8) is 0 Å². The Morgan fingerprint density at radius 1 is 1.50 bits per heavy atom. The predicted octanol–water partition coefficient (Wildman–Crippen LogP) is 1.94. The molecule has 134 valence electrons. The van der Waals surface area contributed by atoms with E-state index in [1.54, 1.807) is 13.0 Å². The van der Waals surface area contributed by atoms with Gasteiger partial charge in [0.2, 0.25) is 17.7 Å². The Morgan fingerprint density at radius 2 is 2.29 bits per heavy atom. The molecule has 2 atom stereocenters. The van der Waals surface area contributed by atoms with Gasteiger partial charge in [0.05, 0.1) is 18.2 Å². The molecule has 2 amide bonds. The molecule has 0 saturated carbocycles. The van der Waals surface area contributed by atoms with E-state index >= 15 is 0 Å². The normalized spacial score (nSPS) is 19.7. The smallest absolute Gasteiger partial charge is 0.240 e. The summed E-state index contributed by atoms with van der Waals surface area (Å²) in [4.78, 5) is 26.5. The van der Waals surface area contributed by atoms with E-state index in [0.29, 0.717) is 12.4 Å². The Bertz CT molecular complexity index is 558. The lowest BCUT2D eigenvalue weighted by molar-refractivity contribution is -0.128. The molecular formula is C17H28N4O3. The molecule has 0 radical (unpaired) electrons. The summed E-state index contributed by atoms with van der Waals surface area (Å²) >= 11 is 0. The van der Waals surface area contributed by atoms with Crippen LogP contribution >= 0.6 is 0 Å². The van der Waals surface area contributed by atoms with Crippen molar-refractivity contribution >= 4 is 17.7 Å². The molecule has 7 heteroatoms. The number of carbonyl (C=O) groups is 2. The summed E-state index contributed by atoms with van der Waals surface area (Å²) in [5.41, 5.74) is 0.723. The summed E-state index contributed by atoms with van der Waals surface area (Å²) in [6, 6.07) is 1.88. The summed E-state index contributed by atoms with van der Waals surface area (Å²) in [5.74, 6) is 0.272. The van der Waals surface area contributed by atoms with Gasteiger partial charge < -0.3 is 9.84 Å². The lowest BCUT2D eigenvalue weighted by Gasteiger charge is -2.32. The van der Waals surface area contributed by atoms with E-state index in [2.05, 4.69) is 22.7 Å². The minimum Gasteiger partial charge on any atom is -0.353 e. The SMILES string of the molecule is CCC[C@@H](C)NC(=O)[C@@H]1CCCN(CC(=O)Nc2cc(C)no2)C1. The van der Waals surface area contributed by atoms with Crippen molar-refractivity contribution in [2.45, 2.75) is 52.5 Å². The molecule has 2 heterocycles. The number of rotatable bonds is 7. The highest BCUT2D eigenvalue weighted by Crippen LogP contribution is 2.17. The van der Waals surface area contributed by atoms with Crippen LogP contribution in [0.5, 0.6) is 0 Å². The fraction of sp³-hybridized carbons (Fsp3) is 0.706. The Labute approximate surface area is 143 Å². The number of carbonyl (C=O) groups excluding carboxylic acids is 2. The van der Waals surface area contributed by atoms with E-state index < -0.39 is 0 Å². The van der Waals surface area contributed by atoms with Crippen LogP contribution in [0.4, 0.5) is 5.88 Å². The van der Waals surface area contributed by atoms with Crippen LogP contribution in [0.1, 0.15) is 45.2 Å². The van der Waals surface area contributed by atoms with Crippen LogP contribution in [0.2, 0.25) is 0 Å². The fourth-order valence-electron chi connectivity index (χ4n) is 3.08. The van der Waals surface area contributed by atoms with Crippen molar-refractivity contribution in [3.8, 4) is 0 Å². The third-order valence-electron chi connectivity index (χ3n) is 4.24. The van der Waals surface area contributed by atoms with Crippen LogP contribution in [-0.2, 0) is 9.59 Å². The lowest BCUT2D eigenvalue weighted by Crippen LogP contribution is -2.47. The van der Waals surface area contributed by atoms with Crippen LogP contribution in [-0.4, -0.2) is 47.5 Å². The topological polar surface area (TPSA) is 87.5 Å². The number of nitrogens with one attached hydrogen (secondary N) is 2. The maximum Gasteiger partial charge on any atom is 0.240 e. The Kier molecular flexibility index (Phi) is 6.78. The number of piperidine rings is 1. The van der Waals surface area contributed by atoms with E-state index in [9.17, 15) is 9.59 Å². The van der Waals surface area contributed by atoms with Crippen molar-refractivity contribution in [1.82, 2.24) is 15.4 Å². The molecule has 0 bridgehead atoms. The summed E-state index contributed by atoms with van der Waals surface area (Å²) in [5, 5.41) is 9.51. The van der Waals surface area contributed by atoms with Crippen LogP contribution in [0.15, 0.2) is 10.6 Å². The van der Waals surface area contributed by atoms with Crippen LogP contribution in [0.25, 0.3) is 0 Å². The number of hydrogen-bond acceptors (Lipinski definition) is 5. The molecule has 1 aromatic heterocycles. The van der Waals surface area contributed by atoms with Gasteiger partial charge in [-0.3, -0.25) is 19.8 Å². The Balaban J connectivity index is 1.79. The van der Waals surface area contributed by atoms with Crippen LogP contribution in [0, 0.1) is 12.8 Å². The summed E-state index contributed by atoms with van der Waals surface area (Å²) < 4.78 is 4.99. The van der Waals surface area contributed by atoms with Crippen LogP contribution < -0.4 is 10.6 Å². The Hall–Kier alpha value is -1.89. The molecule has 24 heavy (non-hydrogen) atoms. The number of hydrogen-bond donors (Lipinski definition) is 2. The number of anilines is 1. The number of likely N-dealkylation sites (tertiary alicyclic amines) is 1. The molecule has 1 aromatic rings. The zero-order chi connectivity index (χ0) is 17.5. The van der Waals surface area contributed by atoms with Crippen molar-refractivity contribution in [2.75, 3.05) is 25.0 Å². The second-order valence-electron chi connectivity index (χ2n) is 6.65. The maximum atomic E-state index is 12.3. The highest BCUT2D eigenvalue weighted by Gasteiger charge is 2.27. The van der Waals surface area contributed by atoms with Crippen molar-refractivity contribution in [1.29, 1.82) is 0 Å². The van der Waals surface area contributed by atoms with E-state index in [4.69, 9.17) is 4.52 Å². The molecule has 1 saturated heterocycles. The molecule has 2 N–H and O–H groups in total. The average Bonchev–Trinajstić information content (AvgIpc) is 2.92. The summed E-state index contributed by atoms with van der Waals surface area (Å²) in [6.45, 7) is 7.65. The zero-order valence-corrected chi connectivity index (χ0v) is 14.8. The summed E-state index contributed by atoms with van der Waals surface area (Å²) in [7, 11) is 0. The second-order valence-corrected chi connectivity index (χ2v) is 6.65. The summed E-state index contributed by atoms with van der Waals surface area (Å²) in [6.07, 6.45) is 3.85. The largest absolute Gasteiger partial charge is 0.353 e. The second kappa shape index (κ2) is 8.82. The van der Waals surface area contributed by atoms with Crippen molar-refractivity contribution in [3.05, 3.63) is 11.8 Å². The molecule has 0 unspecified atom stereocenters. The molecule has 1 aliphatic rings. The van der Waals surface area contributed by atoms with Gasteiger partial charge in [-0.15, -0.1) is 0 Å². The number of aromatic nitrogens is 1. The molecule has 0 spiro atoms. The molecule has 1 aliphatic heterocycles. The van der Waals surface area contributed by atoms with Gasteiger partial charge in [0, 0.05) is 18.7 Å².